The number of hydrogen-bond acceptors (Lipinski definition) is 8. The van der Waals surface area contributed by atoms with Gasteiger partial charge in [-0.25, -0.2) is 0 Å². The average molecular weight is 574 g/mol. The van der Waals surface area contributed by atoms with Crippen LogP contribution in [-0.4, -0.2) is 46.6 Å². The molecule has 1 aliphatic heterocycles. The van der Waals surface area contributed by atoms with E-state index in [1.165, 1.54) is 19.2 Å². The molecule has 1 amide bonds. The number of furan rings is 1. The molecule has 0 spiro atoms. The van der Waals surface area contributed by atoms with Gasteiger partial charge in [0.1, 0.15) is 29.1 Å². The number of hydrogen-bond donors (Lipinski definition) is 2. The van der Waals surface area contributed by atoms with Crippen LogP contribution in [0.1, 0.15) is 30.0 Å². The molecule has 41 heavy (non-hydrogen) atoms. The molecule has 2 atom stereocenters. The number of nitrogens with zero attached hydrogens (tertiary/aromatic N) is 3. The predicted molar refractivity (Wildman–Crippen MR) is 156 cm³/mol. The van der Waals surface area contributed by atoms with Crippen LogP contribution in [-0.2, 0) is 4.79 Å². The highest BCUT2D eigenvalue weighted by Crippen LogP contribution is 2.42. The van der Waals surface area contributed by atoms with E-state index in [9.17, 15) is 14.9 Å². The lowest BCUT2D eigenvalue weighted by Gasteiger charge is -2.26. The molecule has 0 bridgehead atoms. The predicted octanol–water partition coefficient (Wildman–Crippen LogP) is 5.27. The number of carbonyl (C=O) groups excluding carboxylic acids is 1. The highest BCUT2D eigenvalue weighted by molar-refractivity contribution is 7.80. The standard InChI is InChI=1S/C29H27N5O6S/c1-38-23-9-4-3-7-20(23)31-26(35)14-16-33-28(27(32-29(33)41)21-8-5-6-15-30-21)24-13-12-22(40-24)19-11-10-18(34(36)37)17-25(19)39-2/h3-13,15,17,27-28H,14,16H2,1-2H3,(H,31,35)(H,32,41)/t27-,28-/m1/s1. The minimum atomic E-state index is -0.482. The zero-order valence-corrected chi connectivity index (χ0v) is 23.1. The van der Waals surface area contributed by atoms with Gasteiger partial charge in [0.15, 0.2) is 5.11 Å². The number of para-hydroxylation sites is 2. The fourth-order valence-corrected chi connectivity index (χ4v) is 5.12. The second-order valence-electron chi connectivity index (χ2n) is 9.16. The van der Waals surface area contributed by atoms with Crippen LogP contribution in [0, 0.1) is 10.1 Å². The molecule has 2 aromatic heterocycles. The van der Waals surface area contributed by atoms with Crippen LogP contribution in [0.15, 0.2) is 83.4 Å². The van der Waals surface area contributed by atoms with E-state index in [0.29, 0.717) is 45.9 Å². The lowest BCUT2D eigenvalue weighted by Crippen LogP contribution is -2.32. The molecule has 0 saturated carbocycles. The molecule has 0 unspecified atom stereocenters. The topological polar surface area (TPSA) is 132 Å². The van der Waals surface area contributed by atoms with Gasteiger partial charge in [-0.15, -0.1) is 0 Å². The third-order valence-electron chi connectivity index (χ3n) is 6.74. The minimum absolute atomic E-state index is 0.0875. The van der Waals surface area contributed by atoms with Crippen molar-refractivity contribution in [2.45, 2.75) is 18.5 Å². The summed E-state index contributed by atoms with van der Waals surface area (Å²) in [6, 6.07) is 20.0. The summed E-state index contributed by atoms with van der Waals surface area (Å²) in [5.74, 6) is 1.73. The molecule has 11 nitrogen and oxygen atoms in total. The number of rotatable bonds is 10. The van der Waals surface area contributed by atoms with Crippen molar-refractivity contribution in [3.05, 3.63) is 101 Å². The van der Waals surface area contributed by atoms with Gasteiger partial charge in [-0.1, -0.05) is 18.2 Å². The molecule has 3 heterocycles. The number of amides is 1. The summed E-state index contributed by atoms with van der Waals surface area (Å²) in [4.78, 5) is 30.1. The normalized spacial score (nSPS) is 16.2. The van der Waals surface area contributed by atoms with Gasteiger partial charge in [0.2, 0.25) is 5.91 Å². The van der Waals surface area contributed by atoms with Crippen LogP contribution in [0.5, 0.6) is 11.5 Å². The number of pyridine rings is 1. The quantitative estimate of drug-likeness (QED) is 0.147. The van der Waals surface area contributed by atoms with E-state index < -0.39 is 11.0 Å². The molecule has 210 valence electrons. The van der Waals surface area contributed by atoms with Crippen molar-refractivity contribution in [2.75, 3.05) is 26.1 Å². The summed E-state index contributed by atoms with van der Waals surface area (Å²) in [5.41, 5.74) is 1.81. The van der Waals surface area contributed by atoms with E-state index in [4.69, 9.17) is 26.1 Å². The first kappa shape index (κ1) is 27.6. The Balaban J connectivity index is 1.43. The van der Waals surface area contributed by atoms with Crippen molar-refractivity contribution in [1.29, 1.82) is 0 Å². The zero-order chi connectivity index (χ0) is 28.9. The molecule has 0 radical (unpaired) electrons. The average Bonchev–Trinajstić information content (AvgIpc) is 3.60. The van der Waals surface area contributed by atoms with Crippen LogP contribution in [0.25, 0.3) is 11.3 Å². The number of anilines is 1. The Morgan fingerprint density at radius 3 is 2.61 bits per heavy atom. The number of carbonyl (C=O) groups is 1. The highest BCUT2D eigenvalue weighted by atomic mass is 32.1. The first-order chi connectivity index (χ1) is 19.9. The van der Waals surface area contributed by atoms with E-state index >= 15 is 0 Å². The maximum Gasteiger partial charge on any atom is 0.273 e. The van der Waals surface area contributed by atoms with Crippen LogP contribution >= 0.6 is 12.2 Å². The van der Waals surface area contributed by atoms with Crippen molar-refractivity contribution in [1.82, 2.24) is 15.2 Å². The molecule has 1 aliphatic rings. The van der Waals surface area contributed by atoms with Crippen molar-refractivity contribution >= 4 is 34.6 Å². The summed E-state index contributed by atoms with van der Waals surface area (Å²) in [5, 5.41) is 17.9. The number of aromatic nitrogens is 1. The van der Waals surface area contributed by atoms with Gasteiger partial charge in [-0.05, 0) is 54.7 Å². The lowest BCUT2D eigenvalue weighted by molar-refractivity contribution is -0.384. The van der Waals surface area contributed by atoms with Gasteiger partial charge in [0, 0.05) is 25.2 Å². The Bertz CT molecular complexity index is 1580. The van der Waals surface area contributed by atoms with E-state index in [1.807, 2.05) is 41.3 Å². The SMILES string of the molecule is COc1ccccc1NC(=O)CCN1C(=S)N[C@H](c2ccccn2)[C@H]1c1ccc(-c2ccc([N+](=O)[O-])cc2OC)o1. The third-order valence-corrected chi connectivity index (χ3v) is 7.09. The summed E-state index contributed by atoms with van der Waals surface area (Å²) in [7, 11) is 2.99. The van der Waals surface area contributed by atoms with Crippen LogP contribution in [0.2, 0.25) is 0 Å². The van der Waals surface area contributed by atoms with Crippen molar-refractivity contribution in [3.63, 3.8) is 0 Å². The van der Waals surface area contributed by atoms with E-state index in [0.717, 1.165) is 5.69 Å². The van der Waals surface area contributed by atoms with E-state index in [1.54, 1.807) is 37.6 Å². The molecule has 4 aromatic rings. The van der Waals surface area contributed by atoms with Gasteiger partial charge in [-0.3, -0.25) is 19.9 Å². The summed E-state index contributed by atoms with van der Waals surface area (Å²) >= 11 is 5.70. The van der Waals surface area contributed by atoms with Gasteiger partial charge in [0.05, 0.1) is 48.2 Å². The number of thiocarbonyl (C=S) groups is 1. The smallest absolute Gasteiger partial charge is 0.273 e. The monoisotopic (exact) mass is 573 g/mol. The van der Waals surface area contributed by atoms with Gasteiger partial charge < -0.3 is 29.4 Å². The second-order valence-corrected chi connectivity index (χ2v) is 9.55. The molecule has 0 aliphatic carbocycles. The molecule has 1 fully saturated rings. The third kappa shape index (κ3) is 5.82. The van der Waals surface area contributed by atoms with Crippen LogP contribution in [0.3, 0.4) is 0 Å². The van der Waals surface area contributed by atoms with E-state index in [-0.39, 0.29) is 24.1 Å². The first-order valence-corrected chi connectivity index (χ1v) is 13.1. The van der Waals surface area contributed by atoms with Crippen molar-refractivity contribution in [2.24, 2.45) is 0 Å². The Morgan fingerprint density at radius 1 is 1.10 bits per heavy atom. The number of nitrogens with one attached hydrogen (secondary N) is 2. The maximum absolute atomic E-state index is 12.9. The van der Waals surface area contributed by atoms with Crippen molar-refractivity contribution in [3.8, 4) is 22.8 Å². The molecule has 2 N–H and O–H groups in total. The van der Waals surface area contributed by atoms with Gasteiger partial charge in [-0.2, -0.15) is 0 Å². The molecule has 5 rings (SSSR count). The number of methoxy groups -OCH3 is 2. The molecular weight excluding hydrogens is 546 g/mol. The van der Waals surface area contributed by atoms with Crippen LogP contribution < -0.4 is 20.1 Å². The second kappa shape index (κ2) is 12.0. The summed E-state index contributed by atoms with van der Waals surface area (Å²) < 4.78 is 17.1. The molecular formula is C29H27N5O6S. The molecule has 2 aromatic carbocycles. The Labute approximate surface area is 241 Å². The molecule has 1 saturated heterocycles. The largest absolute Gasteiger partial charge is 0.496 e. The first-order valence-electron chi connectivity index (χ1n) is 12.7. The zero-order valence-electron chi connectivity index (χ0n) is 22.3. The van der Waals surface area contributed by atoms with Crippen LogP contribution in [0.4, 0.5) is 11.4 Å². The number of nitro groups is 1. The Morgan fingerprint density at radius 2 is 1.88 bits per heavy atom. The minimum Gasteiger partial charge on any atom is -0.496 e. The lowest BCUT2D eigenvalue weighted by atomic mass is 10.0. The number of nitro benzene ring substituents is 1. The van der Waals surface area contributed by atoms with Gasteiger partial charge >= 0.3 is 0 Å². The molecule has 12 heteroatoms. The van der Waals surface area contributed by atoms with E-state index in [2.05, 4.69) is 15.6 Å². The Kier molecular flexibility index (Phi) is 8.11. The number of ether oxygens (including phenoxy) is 2. The summed E-state index contributed by atoms with van der Waals surface area (Å²) in [6.07, 6.45) is 1.85. The number of non-ortho nitro benzene ring substituents is 1. The van der Waals surface area contributed by atoms with Crippen molar-refractivity contribution < 1.29 is 23.6 Å². The Hall–Kier alpha value is -4.97. The maximum atomic E-state index is 12.9. The number of benzene rings is 2. The highest BCUT2D eigenvalue weighted by Gasteiger charge is 2.41. The van der Waals surface area contributed by atoms with Gasteiger partial charge in [0.25, 0.3) is 5.69 Å². The fraction of sp³-hybridized carbons (Fsp3) is 0.207. The fourth-order valence-electron chi connectivity index (χ4n) is 4.79. The summed E-state index contributed by atoms with van der Waals surface area (Å²) in [6.45, 7) is 0.303.